The standard InChI is InChI=1S/C15H22O2/c1-10(2)11-4-5-15(7-11)12-6-13(16)8-14(15,3)17-9-12/h11-12H,1,4-9H2,2-3H3/t11-,12-,14-,15-/m1/s1. The highest BCUT2D eigenvalue weighted by Crippen LogP contribution is 2.64. The minimum atomic E-state index is -0.183. The molecule has 1 heterocycles. The molecule has 3 rings (SSSR count). The van der Waals surface area contributed by atoms with Crippen LogP contribution in [-0.2, 0) is 9.53 Å². The maximum atomic E-state index is 11.8. The molecule has 4 atom stereocenters. The van der Waals surface area contributed by atoms with Gasteiger partial charge in [-0.25, -0.2) is 0 Å². The predicted octanol–water partition coefficient (Wildman–Crippen LogP) is 3.12. The molecule has 17 heavy (non-hydrogen) atoms. The monoisotopic (exact) mass is 234 g/mol. The van der Waals surface area contributed by atoms with Crippen LogP contribution in [0, 0.1) is 17.3 Å². The van der Waals surface area contributed by atoms with Crippen LogP contribution in [0.4, 0.5) is 0 Å². The lowest BCUT2D eigenvalue weighted by Crippen LogP contribution is -2.49. The van der Waals surface area contributed by atoms with Gasteiger partial charge in [0.2, 0.25) is 0 Å². The zero-order valence-corrected chi connectivity index (χ0v) is 10.9. The lowest BCUT2D eigenvalue weighted by molar-refractivity contribution is -0.135. The number of hydrogen-bond donors (Lipinski definition) is 0. The van der Waals surface area contributed by atoms with Gasteiger partial charge in [0, 0.05) is 18.3 Å². The van der Waals surface area contributed by atoms with Crippen molar-refractivity contribution in [3.63, 3.8) is 0 Å². The van der Waals surface area contributed by atoms with Crippen molar-refractivity contribution in [2.75, 3.05) is 6.61 Å². The summed E-state index contributed by atoms with van der Waals surface area (Å²) in [5.41, 5.74) is 1.39. The average Bonchev–Trinajstić information content (AvgIpc) is 2.73. The van der Waals surface area contributed by atoms with E-state index in [4.69, 9.17) is 4.74 Å². The smallest absolute Gasteiger partial charge is 0.136 e. The summed E-state index contributed by atoms with van der Waals surface area (Å²) in [5.74, 6) is 1.52. The molecule has 3 aliphatic rings. The molecule has 1 saturated heterocycles. The fourth-order valence-electron chi connectivity index (χ4n) is 4.57. The van der Waals surface area contributed by atoms with Crippen molar-refractivity contribution in [3.05, 3.63) is 12.2 Å². The summed E-state index contributed by atoms with van der Waals surface area (Å²) in [6, 6.07) is 0. The Bertz CT molecular complexity index is 386. The second-order valence-corrected chi connectivity index (χ2v) is 6.60. The van der Waals surface area contributed by atoms with E-state index in [1.807, 2.05) is 0 Å². The van der Waals surface area contributed by atoms with Crippen LogP contribution in [0.25, 0.3) is 0 Å². The van der Waals surface area contributed by atoms with E-state index in [0.717, 1.165) is 13.0 Å². The van der Waals surface area contributed by atoms with Gasteiger partial charge in [0.1, 0.15) is 5.78 Å². The van der Waals surface area contributed by atoms with Gasteiger partial charge >= 0.3 is 0 Å². The number of ether oxygens (including phenoxy) is 1. The van der Waals surface area contributed by atoms with Crippen molar-refractivity contribution >= 4 is 5.78 Å². The van der Waals surface area contributed by atoms with Gasteiger partial charge in [-0.15, -0.1) is 0 Å². The van der Waals surface area contributed by atoms with E-state index < -0.39 is 0 Å². The number of ketones is 1. The summed E-state index contributed by atoms with van der Waals surface area (Å²) in [5, 5.41) is 0. The fourth-order valence-corrected chi connectivity index (χ4v) is 4.57. The van der Waals surface area contributed by atoms with Gasteiger partial charge in [-0.3, -0.25) is 4.79 Å². The van der Waals surface area contributed by atoms with Gasteiger partial charge in [0.05, 0.1) is 12.2 Å². The van der Waals surface area contributed by atoms with Crippen LogP contribution in [0.15, 0.2) is 12.2 Å². The van der Waals surface area contributed by atoms with Crippen molar-refractivity contribution < 1.29 is 9.53 Å². The van der Waals surface area contributed by atoms with Gasteiger partial charge < -0.3 is 4.74 Å². The molecular formula is C15H22O2. The summed E-state index contributed by atoms with van der Waals surface area (Å²) >= 11 is 0. The van der Waals surface area contributed by atoms with Crippen molar-refractivity contribution in [3.8, 4) is 0 Å². The number of hydrogen-bond acceptors (Lipinski definition) is 2. The lowest BCUT2D eigenvalue weighted by Gasteiger charge is -2.46. The number of allylic oxidation sites excluding steroid dienone is 1. The highest BCUT2D eigenvalue weighted by molar-refractivity contribution is 5.81. The largest absolute Gasteiger partial charge is 0.374 e. The Morgan fingerprint density at radius 2 is 2.29 bits per heavy atom. The molecule has 0 radical (unpaired) electrons. The number of rotatable bonds is 1. The van der Waals surface area contributed by atoms with Crippen LogP contribution >= 0.6 is 0 Å². The maximum Gasteiger partial charge on any atom is 0.136 e. The van der Waals surface area contributed by atoms with E-state index in [-0.39, 0.29) is 11.0 Å². The Morgan fingerprint density at radius 1 is 1.53 bits per heavy atom. The van der Waals surface area contributed by atoms with Crippen LogP contribution in [0.5, 0.6) is 0 Å². The Labute approximate surface area is 103 Å². The molecule has 1 spiro atoms. The SMILES string of the molecule is C=C(C)[C@@H]1CC[C@@]2(C1)[C@H]1CO[C@]2(C)CC(=O)C1. The quantitative estimate of drug-likeness (QED) is 0.652. The summed E-state index contributed by atoms with van der Waals surface area (Å²) in [4.78, 5) is 11.8. The average molecular weight is 234 g/mol. The third kappa shape index (κ3) is 1.40. The molecule has 0 N–H and O–H groups in total. The van der Waals surface area contributed by atoms with Crippen molar-refractivity contribution in [2.45, 2.75) is 51.6 Å². The molecule has 0 aromatic heterocycles. The van der Waals surface area contributed by atoms with Gasteiger partial charge in [0.25, 0.3) is 0 Å². The molecule has 0 aromatic rings. The first kappa shape index (κ1) is 11.5. The molecule has 0 unspecified atom stereocenters. The molecule has 2 saturated carbocycles. The van der Waals surface area contributed by atoms with Gasteiger partial charge in [-0.1, -0.05) is 12.2 Å². The third-order valence-corrected chi connectivity index (χ3v) is 5.69. The van der Waals surface area contributed by atoms with Gasteiger partial charge in [0.15, 0.2) is 0 Å². The zero-order chi connectivity index (χ0) is 12.3. The summed E-state index contributed by atoms with van der Waals surface area (Å²) < 4.78 is 6.05. The molecule has 3 fully saturated rings. The van der Waals surface area contributed by atoms with Crippen molar-refractivity contribution in [1.82, 2.24) is 0 Å². The predicted molar refractivity (Wildman–Crippen MR) is 66.7 cm³/mol. The van der Waals surface area contributed by atoms with Gasteiger partial charge in [-0.05, 0) is 44.9 Å². The maximum absolute atomic E-state index is 11.8. The summed E-state index contributed by atoms with van der Waals surface area (Å²) in [6.45, 7) is 9.23. The fraction of sp³-hybridized carbons (Fsp3) is 0.800. The molecule has 2 nitrogen and oxygen atoms in total. The van der Waals surface area contributed by atoms with E-state index in [1.165, 1.54) is 24.8 Å². The highest BCUT2D eigenvalue weighted by Gasteiger charge is 2.64. The zero-order valence-electron chi connectivity index (χ0n) is 10.9. The highest BCUT2D eigenvalue weighted by atomic mass is 16.5. The van der Waals surface area contributed by atoms with E-state index in [1.54, 1.807) is 0 Å². The Morgan fingerprint density at radius 3 is 2.88 bits per heavy atom. The Balaban J connectivity index is 1.93. The van der Waals surface area contributed by atoms with Crippen LogP contribution in [0.3, 0.4) is 0 Å². The van der Waals surface area contributed by atoms with Crippen LogP contribution in [0.2, 0.25) is 0 Å². The lowest BCUT2D eigenvalue weighted by atomic mass is 9.58. The number of Topliss-reactive ketones (excluding diaryl/α,β-unsaturated/α-hetero) is 1. The van der Waals surface area contributed by atoms with E-state index >= 15 is 0 Å². The van der Waals surface area contributed by atoms with E-state index in [0.29, 0.717) is 24.0 Å². The van der Waals surface area contributed by atoms with Crippen LogP contribution in [0.1, 0.15) is 46.0 Å². The first-order valence-electron chi connectivity index (χ1n) is 6.78. The third-order valence-electron chi connectivity index (χ3n) is 5.69. The number of carbonyl (C=O) groups is 1. The Kier molecular flexibility index (Phi) is 2.32. The van der Waals surface area contributed by atoms with E-state index in [2.05, 4.69) is 20.4 Å². The molecule has 2 aliphatic carbocycles. The molecule has 2 bridgehead atoms. The molecular weight excluding hydrogens is 212 g/mol. The van der Waals surface area contributed by atoms with Crippen molar-refractivity contribution in [2.24, 2.45) is 17.3 Å². The number of carbonyl (C=O) groups excluding carboxylic acids is 1. The topological polar surface area (TPSA) is 26.3 Å². The van der Waals surface area contributed by atoms with Crippen LogP contribution in [-0.4, -0.2) is 18.0 Å². The Hall–Kier alpha value is -0.630. The summed E-state index contributed by atoms with van der Waals surface area (Å²) in [7, 11) is 0. The summed E-state index contributed by atoms with van der Waals surface area (Å²) in [6.07, 6.45) is 5.03. The minimum absolute atomic E-state index is 0.183. The second kappa shape index (κ2) is 3.44. The molecule has 94 valence electrons. The first-order chi connectivity index (χ1) is 7.97. The second-order valence-electron chi connectivity index (χ2n) is 6.60. The molecule has 1 aliphatic heterocycles. The van der Waals surface area contributed by atoms with E-state index in [9.17, 15) is 4.79 Å². The molecule has 0 amide bonds. The minimum Gasteiger partial charge on any atom is -0.374 e. The molecule has 0 aromatic carbocycles. The first-order valence-corrected chi connectivity index (χ1v) is 6.78. The molecule has 2 heteroatoms. The normalized spacial score (nSPS) is 48.9. The van der Waals surface area contributed by atoms with Crippen molar-refractivity contribution in [1.29, 1.82) is 0 Å². The van der Waals surface area contributed by atoms with Crippen LogP contribution < -0.4 is 0 Å². The van der Waals surface area contributed by atoms with Gasteiger partial charge in [-0.2, -0.15) is 0 Å².